The van der Waals surface area contributed by atoms with E-state index in [0.717, 1.165) is 5.56 Å². The Morgan fingerprint density at radius 2 is 2.00 bits per heavy atom. The number of carbonyl (C=O) groups excluding carboxylic acids is 1. The molecule has 1 rings (SSSR count). The van der Waals surface area contributed by atoms with E-state index in [4.69, 9.17) is 4.74 Å². The monoisotopic (exact) mass is 188 g/mol. The Morgan fingerprint density at radius 3 is 2.57 bits per heavy atom. The molecular weight excluding hydrogens is 176 g/mol. The first-order chi connectivity index (χ1) is 6.68. The van der Waals surface area contributed by atoms with Crippen LogP contribution in [-0.2, 0) is 9.53 Å². The summed E-state index contributed by atoms with van der Waals surface area (Å²) in [6.45, 7) is 3.12. The van der Waals surface area contributed by atoms with Gasteiger partial charge < -0.3 is 4.74 Å². The van der Waals surface area contributed by atoms with Crippen molar-refractivity contribution in [1.82, 2.24) is 0 Å². The summed E-state index contributed by atoms with van der Waals surface area (Å²) < 4.78 is 4.86. The highest BCUT2D eigenvalue weighted by molar-refractivity contribution is 5.66. The van der Waals surface area contributed by atoms with Gasteiger partial charge in [0.15, 0.2) is 6.10 Å². The Bertz CT molecular complexity index is 357. The van der Waals surface area contributed by atoms with Gasteiger partial charge >= 0.3 is 5.97 Å². The number of esters is 1. The van der Waals surface area contributed by atoms with Crippen molar-refractivity contribution in [3.05, 3.63) is 35.9 Å². The van der Waals surface area contributed by atoms with E-state index >= 15 is 0 Å². The lowest BCUT2D eigenvalue weighted by Gasteiger charge is -2.02. The van der Waals surface area contributed by atoms with Gasteiger partial charge in [0.25, 0.3) is 0 Å². The third-order valence-electron chi connectivity index (χ3n) is 1.54. The highest BCUT2D eigenvalue weighted by Gasteiger charge is 1.98. The van der Waals surface area contributed by atoms with Crippen molar-refractivity contribution in [1.29, 1.82) is 0 Å². The molecule has 0 N–H and O–H groups in total. The normalized spacial score (nSPS) is 11.0. The maximum absolute atomic E-state index is 10.6. The van der Waals surface area contributed by atoms with Crippen LogP contribution in [-0.4, -0.2) is 12.1 Å². The summed E-state index contributed by atoms with van der Waals surface area (Å²) >= 11 is 0. The van der Waals surface area contributed by atoms with E-state index < -0.39 is 0 Å². The van der Waals surface area contributed by atoms with Gasteiger partial charge in [-0.15, -0.1) is 0 Å². The van der Waals surface area contributed by atoms with Gasteiger partial charge in [-0.2, -0.15) is 0 Å². The Hall–Kier alpha value is -1.75. The molecule has 1 aromatic carbocycles. The van der Waals surface area contributed by atoms with Gasteiger partial charge in [-0.1, -0.05) is 30.0 Å². The molecule has 0 unspecified atom stereocenters. The molecule has 0 spiro atoms. The van der Waals surface area contributed by atoms with Crippen LogP contribution in [0.4, 0.5) is 0 Å². The topological polar surface area (TPSA) is 26.3 Å². The van der Waals surface area contributed by atoms with E-state index in [1.807, 2.05) is 30.3 Å². The van der Waals surface area contributed by atoms with Crippen molar-refractivity contribution in [2.45, 2.75) is 20.0 Å². The first kappa shape index (κ1) is 10.3. The molecule has 0 aliphatic heterocycles. The fourth-order valence-electron chi connectivity index (χ4n) is 0.985. The molecule has 0 amide bonds. The molecule has 2 heteroatoms. The van der Waals surface area contributed by atoms with Crippen LogP contribution >= 0.6 is 0 Å². The molecule has 0 bridgehead atoms. The van der Waals surface area contributed by atoms with Gasteiger partial charge in [0.05, 0.1) is 0 Å². The molecular formula is C12H12O2. The van der Waals surface area contributed by atoms with E-state index in [-0.39, 0.29) is 12.1 Å². The van der Waals surface area contributed by atoms with Crippen molar-refractivity contribution in [3.63, 3.8) is 0 Å². The van der Waals surface area contributed by atoms with E-state index in [1.54, 1.807) is 6.92 Å². The summed E-state index contributed by atoms with van der Waals surface area (Å²) in [7, 11) is 0. The van der Waals surface area contributed by atoms with Crippen molar-refractivity contribution in [2.24, 2.45) is 0 Å². The number of ether oxygens (including phenoxy) is 1. The molecule has 1 aromatic rings. The first-order valence-corrected chi connectivity index (χ1v) is 4.42. The van der Waals surface area contributed by atoms with Crippen LogP contribution in [0.25, 0.3) is 0 Å². The molecule has 14 heavy (non-hydrogen) atoms. The van der Waals surface area contributed by atoms with Crippen LogP contribution in [0.1, 0.15) is 19.4 Å². The van der Waals surface area contributed by atoms with Crippen LogP contribution in [0.2, 0.25) is 0 Å². The van der Waals surface area contributed by atoms with E-state index in [1.165, 1.54) is 6.92 Å². The van der Waals surface area contributed by atoms with E-state index in [2.05, 4.69) is 11.8 Å². The van der Waals surface area contributed by atoms with Gasteiger partial charge in [0.2, 0.25) is 0 Å². The van der Waals surface area contributed by atoms with Crippen LogP contribution in [0.5, 0.6) is 0 Å². The van der Waals surface area contributed by atoms with Crippen LogP contribution in [0.3, 0.4) is 0 Å². The molecule has 1 atom stereocenters. The second kappa shape index (κ2) is 5.08. The molecule has 0 fully saturated rings. The van der Waals surface area contributed by atoms with Crippen molar-refractivity contribution in [3.8, 4) is 11.8 Å². The summed E-state index contributed by atoms with van der Waals surface area (Å²) in [5, 5.41) is 0. The molecule has 0 saturated heterocycles. The fourth-order valence-corrected chi connectivity index (χ4v) is 0.985. The third kappa shape index (κ3) is 3.77. The maximum Gasteiger partial charge on any atom is 0.303 e. The Balaban J connectivity index is 2.60. The predicted octanol–water partition coefficient (Wildman–Crippen LogP) is 1.99. The molecule has 0 heterocycles. The number of carbonyl (C=O) groups is 1. The third-order valence-corrected chi connectivity index (χ3v) is 1.54. The van der Waals surface area contributed by atoms with Crippen molar-refractivity contribution in [2.75, 3.05) is 0 Å². The molecule has 2 nitrogen and oxygen atoms in total. The SMILES string of the molecule is CC(=O)O[C@H](C)C#Cc1ccccc1. The number of rotatable bonds is 1. The van der Waals surface area contributed by atoms with Crippen molar-refractivity contribution < 1.29 is 9.53 Å². The summed E-state index contributed by atoms with van der Waals surface area (Å²) in [5.74, 6) is 5.45. The second-order valence-corrected chi connectivity index (χ2v) is 2.89. The van der Waals surface area contributed by atoms with Crippen LogP contribution < -0.4 is 0 Å². The van der Waals surface area contributed by atoms with Crippen LogP contribution in [0.15, 0.2) is 30.3 Å². The molecule has 0 saturated carbocycles. The van der Waals surface area contributed by atoms with Crippen LogP contribution in [0, 0.1) is 11.8 Å². The van der Waals surface area contributed by atoms with Gasteiger partial charge in [-0.05, 0) is 19.1 Å². The molecule has 0 radical (unpaired) electrons. The fraction of sp³-hybridized carbons (Fsp3) is 0.250. The summed E-state index contributed by atoms with van der Waals surface area (Å²) in [5.41, 5.74) is 0.923. The summed E-state index contributed by atoms with van der Waals surface area (Å²) in [6, 6.07) is 9.59. The molecule has 0 aliphatic carbocycles. The quantitative estimate of drug-likeness (QED) is 0.497. The largest absolute Gasteiger partial charge is 0.450 e. The lowest BCUT2D eigenvalue weighted by molar-refractivity contribution is -0.143. The van der Waals surface area contributed by atoms with E-state index in [0.29, 0.717) is 0 Å². The van der Waals surface area contributed by atoms with Crippen molar-refractivity contribution >= 4 is 5.97 Å². The minimum absolute atomic E-state index is 0.306. The molecule has 0 aliphatic rings. The standard InChI is InChI=1S/C12H12O2/c1-10(14-11(2)13)8-9-12-6-4-3-5-7-12/h3-7,10H,1-2H3/t10-/m1/s1. The van der Waals surface area contributed by atoms with E-state index in [9.17, 15) is 4.79 Å². The zero-order valence-corrected chi connectivity index (χ0v) is 8.28. The first-order valence-electron chi connectivity index (χ1n) is 4.42. The number of benzene rings is 1. The van der Waals surface area contributed by atoms with Gasteiger partial charge in [-0.25, -0.2) is 0 Å². The van der Waals surface area contributed by atoms with Gasteiger partial charge in [0, 0.05) is 12.5 Å². The zero-order valence-electron chi connectivity index (χ0n) is 8.28. The lowest BCUT2D eigenvalue weighted by atomic mass is 10.2. The maximum atomic E-state index is 10.6. The van der Waals surface area contributed by atoms with Gasteiger partial charge in [0.1, 0.15) is 0 Å². The smallest absolute Gasteiger partial charge is 0.303 e. The number of hydrogen-bond donors (Lipinski definition) is 0. The Labute approximate surface area is 83.9 Å². The highest BCUT2D eigenvalue weighted by Crippen LogP contribution is 1.96. The molecule has 0 aromatic heterocycles. The molecule has 72 valence electrons. The summed E-state index contributed by atoms with van der Waals surface area (Å²) in [4.78, 5) is 10.6. The average Bonchev–Trinajstić information content (AvgIpc) is 2.15. The van der Waals surface area contributed by atoms with Gasteiger partial charge in [-0.3, -0.25) is 4.79 Å². The number of hydrogen-bond acceptors (Lipinski definition) is 2. The Morgan fingerprint density at radius 1 is 1.36 bits per heavy atom. The predicted molar refractivity (Wildman–Crippen MR) is 54.5 cm³/mol. The Kier molecular flexibility index (Phi) is 3.75. The highest BCUT2D eigenvalue weighted by atomic mass is 16.5. The lowest BCUT2D eigenvalue weighted by Crippen LogP contribution is -2.09. The second-order valence-electron chi connectivity index (χ2n) is 2.89. The zero-order chi connectivity index (χ0) is 10.4. The minimum atomic E-state index is -0.354. The average molecular weight is 188 g/mol. The summed E-state index contributed by atoms with van der Waals surface area (Å²) in [6.07, 6.45) is -0.354. The minimum Gasteiger partial charge on any atom is -0.450 e.